The van der Waals surface area contributed by atoms with Gasteiger partial charge in [0.15, 0.2) is 5.16 Å². The van der Waals surface area contributed by atoms with Crippen LogP contribution in [0, 0.1) is 25.7 Å². The Morgan fingerprint density at radius 1 is 1.15 bits per heavy atom. The van der Waals surface area contributed by atoms with Crippen molar-refractivity contribution >= 4 is 41.6 Å². The number of aliphatic hydroxyl groups is 1. The number of ether oxygens (including phenoxy) is 3. The molecule has 0 radical (unpaired) electrons. The normalized spacial score (nSPS) is 28.4. The minimum Gasteiger partial charge on any atom is -0.431 e. The van der Waals surface area contributed by atoms with Crippen LogP contribution in [0.25, 0.3) is 0 Å². The molecule has 10 nitrogen and oxygen atoms in total. The van der Waals surface area contributed by atoms with Crippen LogP contribution < -0.4 is 0 Å². The van der Waals surface area contributed by atoms with Crippen molar-refractivity contribution in [1.82, 2.24) is 14.5 Å². The van der Waals surface area contributed by atoms with Crippen molar-refractivity contribution in [3.05, 3.63) is 22.0 Å². The Morgan fingerprint density at radius 3 is 2.56 bits per heavy atom. The summed E-state index contributed by atoms with van der Waals surface area (Å²) in [6, 6.07) is -0.320. The Bertz CT molecular complexity index is 1180. The molecule has 1 aromatic heterocycles. The van der Waals surface area contributed by atoms with Crippen LogP contribution in [0.4, 0.5) is 4.79 Å². The Balaban J connectivity index is 1.31. The highest BCUT2D eigenvalue weighted by atomic mass is 32.2. The van der Waals surface area contributed by atoms with Gasteiger partial charge in [0.2, 0.25) is 12.2 Å². The van der Waals surface area contributed by atoms with Crippen LogP contribution in [-0.2, 0) is 30.3 Å². The smallest absolute Gasteiger partial charge is 0.431 e. The van der Waals surface area contributed by atoms with Crippen LogP contribution in [0.15, 0.2) is 15.8 Å². The molecule has 4 heterocycles. The van der Waals surface area contributed by atoms with E-state index in [9.17, 15) is 19.5 Å². The van der Waals surface area contributed by atoms with Crippen LogP contribution in [0.5, 0.6) is 0 Å². The third kappa shape index (κ3) is 5.44. The molecule has 1 aromatic rings. The SMILES string of the molecule is Cc1nc2n(c1C)CC(SC1=C(C(=O)OC(C)OC(=O)OC3CCCCC3)N3C(=O)[C@H]([C@@H](C)O)[C@H]3[C@H]1C)CS2. The first-order chi connectivity index (χ1) is 18.6. The molecule has 1 amide bonds. The van der Waals surface area contributed by atoms with E-state index in [1.807, 2.05) is 13.8 Å². The van der Waals surface area contributed by atoms with Crippen molar-refractivity contribution in [2.75, 3.05) is 5.75 Å². The van der Waals surface area contributed by atoms with E-state index >= 15 is 0 Å². The zero-order valence-electron chi connectivity index (χ0n) is 23.0. The number of rotatable bonds is 7. The predicted octanol–water partition coefficient (Wildman–Crippen LogP) is 4.15. The number of hydrogen-bond donors (Lipinski definition) is 1. The van der Waals surface area contributed by atoms with E-state index < -0.39 is 30.4 Å². The molecule has 6 atom stereocenters. The van der Waals surface area contributed by atoms with Crippen LogP contribution in [0.1, 0.15) is 64.3 Å². The van der Waals surface area contributed by atoms with Gasteiger partial charge in [-0.1, -0.05) is 25.1 Å². The summed E-state index contributed by atoms with van der Waals surface area (Å²) in [4.78, 5) is 45.7. The van der Waals surface area contributed by atoms with E-state index in [4.69, 9.17) is 14.2 Å². The van der Waals surface area contributed by atoms with E-state index in [-0.39, 0.29) is 34.9 Å². The molecule has 3 aliphatic heterocycles. The number of hydrogen-bond acceptors (Lipinski definition) is 10. The maximum atomic E-state index is 13.5. The Morgan fingerprint density at radius 2 is 1.87 bits per heavy atom. The average molecular weight is 580 g/mol. The topological polar surface area (TPSA) is 120 Å². The predicted molar refractivity (Wildman–Crippen MR) is 146 cm³/mol. The van der Waals surface area contributed by atoms with Crippen LogP contribution in [0.2, 0.25) is 0 Å². The number of aromatic nitrogens is 2. The molecular weight excluding hydrogens is 542 g/mol. The number of aliphatic hydroxyl groups excluding tert-OH is 1. The Hall–Kier alpha value is -2.18. The van der Waals surface area contributed by atoms with Gasteiger partial charge >= 0.3 is 12.1 Å². The van der Waals surface area contributed by atoms with Crippen LogP contribution in [0.3, 0.4) is 0 Å². The summed E-state index contributed by atoms with van der Waals surface area (Å²) in [7, 11) is 0. The molecule has 0 bridgehead atoms. The number of imidazole rings is 1. The minimum absolute atomic E-state index is 0.146. The maximum Gasteiger partial charge on any atom is 0.511 e. The molecule has 214 valence electrons. The van der Waals surface area contributed by atoms with E-state index in [0.717, 1.165) is 65.9 Å². The highest BCUT2D eigenvalue weighted by Gasteiger charge is 2.60. The summed E-state index contributed by atoms with van der Waals surface area (Å²) in [5.41, 5.74) is 2.31. The van der Waals surface area contributed by atoms with E-state index in [2.05, 4.69) is 16.5 Å². The standard InChI is InChI=1S/C27H37N3O7S2/c1-13-21-20(16(4)31)24(32)30(21)22(23(13)39-19-11-29-15(3)14(2)28-26(29)38-12-19)25(33)35-17(5)36-27(34)37-18-9-7-6-8-10-18/h13,16-21,31H,6-12H2,1-5H3/t13-,16-,17?,19?,20-,21-/m1/s1. The molecule has 5 rings (SSSR count). The molecule has 1 saturated heterocycles. The molecule has 2 unspecified atom stereocenters. The number of β-lactam (4-membered cyclic amide) rings is 1. The van der Waals surface area contributed by atoms with Gasteiger partial charge in [0.05, 0.1) is 23.8 Å². The summed E-state index contributed by atoms with van der Waals surface area (Å²) in [6.45, 7) is 9.84. The van der Waals surface area contributed by atoms with Gasteiger partial charge in [-0.3, -0.25) is 4.79 Å². The number of thioether (sulfide) groups is 2. The third-order valence-electron chi connectivity index (χ3n) is 8.15. The van der Waals surface area contributed by atoms with Crippen molar-refractivity contribution in [2.24, 2.45) is 11.8 Å². The Labute approximate surface area is 237 Å². The van der Waals surface area contributed by atoms with Crippen molar-refractivity contribution in [3.8, 4) is 0 Å². The first kappa shape index (κ1) is 28.4. The van der Waals surface area contributed by atoms with Crippen LogP contribution >= 0.6 is 23.5 Å². The molecule has 0 aromatic carbocycles. The number of carbonyl (C=O) groups is 3. The number of nitrogens with zero attached hydrogens (tertiary/aromatic N) is 3. The van der Waals surface area contributed by atoms with Crippen molar-refractivity contribution < 1.29 is 33.7 Å². The number of fused-ring (bicyclic) bond motifs is 2. The van der Waals surface area contributed by atoms with Crippen molar-refractivity contribution in [1.29, 1.82) is 0 Å². The monoisotopic (exact) mass is 579 g/mol. The van der Waals surface area contributed by atoms with Crippen LogP contribution in [-0.4, -0.2) is 73.1 Å². The van der Waals surface area contributed by atoms with Gasteiger partial charge in [-0.15, -0.1) is 11.8 Å². The quantitative estimate of drug-likeness (QED) is 0.287. The maximum absolute atomic E-state index is 13.5. The lowest BCUT2D eigenvalue weighted by atomic mass is 9.79. The van der Waals surface area contributed by atoms with E-state index in [0.29, 0.717) is 0 Å². The summed E-state index contributed by atoms with van der Waals surface area (Å²) in [6.07, 6.45) is 1.70. The number of esters is 1. The molecule has 4 aliphatic rings. The van der Waals surface area contributed by atoms with Crippen molar-refractivity contribution in [2.45, 2.75) is 108 Å². The molecule has 39 heavy (non-hydrogen) atoms. The highest BCUT2D eigenvalue weighted by Crippen LogP contribution is 2.52. The van der Waals surface area contributed by atoms with Gasteiger partial charge < -0.3 is 28.8 Å². The molecular formula is C27H37N3O7S2. The largest absolute Gasteiger partial charge is 0.511 e. The minimum atomic E-state index is -1.19. The lowest BCUT2D eigenvalue weighted by Crippen LogP contribution is -2.63. The molecule has 0 spiro atoms. The summed E-state index contributed by atoms with van der Waals surface area (Å²) < 4.78 is 18.3. The summed E-state index contributed by atoms with van der Waals surface area (Å²) in [5.74, 6) is -0.938. The van der Waals surface area contributed by atoms with Gasteiger partial charge in [0.25, 0.3) is 0 Å². The second-order valence-electron chi connectivity index (χ2n) is 10.9. The van der Waals surface area contributed by atoms with Gasteiger partial charge in [-0.05, 0) is 46.5 Å². The lowest BCUT2D eigenvalue weighted by Gasteiger charge is -2.46. The third-order valence-corrected chi connectivity index (χ3v) is 11.0. The van der Waals surface area contributed by atoms with E-state index in [1.54, 1.807) is 30.4 Å². The zero-order valence-corrected chi connectivity index (χ0v) is 24.7. The lowest BCUT2D eigenvalue weighted by molar-refractivity contribution is -0.174. The fourth-order valence-electron chi connectivity index (χ4n) is 6.01. The zero-order chi connectivity index (χ0) is 28.0. The molecule has 1 N–H and O–H groups in total. The van der Waals surface area contributed by atoms with Crippen molar-refractivity contribution in [3.63, 3.8) is 0 Å². The fraction of sp³-hybridized carbons (Fsp3) is 0.704. The van der Waals surface area contributed by atoms with E-state index in [1.165, 1.54) is 11.8 Å². The van der Waals surface area contributed by atoms with Gasteiger partial charge in [0.1, 0.15) is 11.8 Å². The fourth-order valence-corrected chi connectivity index (χ4v) is 8.72. The first-order valence-corrected chi connectivity index (χ1v) is 15.6. The van der Waals surface area contributed by atoms with Gasteiger partial charge in [0, 0.05) is 41.0 Å². The molecule has 1 saturated carbocycles. The highest BCUT2D eigenvalue weighted by molar-refractivity contribution is 8.05. The van der Waals surface area contributed by atoms with Gasteiger partial charge in [-0.2, -0.15) is 0 Å². The number of amides is 1. The second-order valence-corrected chi connectivity index (χ2v) is 13.2. The second kappa shape index (κ2) is 11.4. The number of carbonyl (C=O) groups excluding carboxylic acids is 3. The molecule has 12 heteroatoms. The summed E-state index contributed by atoms with van der Waals surface area (Å²) in [5, 5.41) is 11.4. The molecule has 1 aliphatic carbocycles. The first-order valence-electron chi connectivity index (χ1n) is 13.7. The Kier molecular flexibility index (Phi) is 8.26. The molecule has 2 fully saturated rings. The average Bonchev–Trinajstić information content (AvgIpc) is 3.29. The number of aryl methyl sites for hydroxylation is 1. The summed E-state index contributed by atoms with van der Waals surface area (Å²) >= 11 is 3.26. The van der Waals surface area contributed by atoms with Gasteiger partial charge in [-0.25, -0.2) is 14.6 Å².